The molecule has 112 valence electrons. The molecule has 1 fully saturated rings. The Bertz CT molecular complexity index is 271. The van der Waals surface area contributed by atoms with Crippen molar-refractivity contribution in [3.05, 3.63) is 0 Å². The van der Waals surface area contributed by atoms with Crippen LogP contribution in [0.5, 0.6) is 0 Å². The molecule has 1 rings (SSSR count). The molecule has 19 heavy (non-hydrogen) atoms. The van der Waals surface area contributed by atoms with Crippen molar-refractivity contribution >= 4 is 17.7 Å². The summed E-state index contributed by atoms with van der Waals surface area (Å²) in [4.78, 5) is 11.9. The molecule has 4 heteroatoms. The van der Waals surface area contributed by atoms with Crippen molar-refractivity contribution in [1.82, 2.24) is 10.6 Å². The van der Waals surface area contributed by atoms with Gasteiger partial charge in [0.05, 0.1) is 6.04 Å². The Hall–Kier alpha value is -0.220. The lowest BCUT2D eigenvalue weighted by Gasteiger charge is -2.19. The zero-order valence-electron chi connectivity index (χ0n) is 12.9. The quantitative estimate of drug-likeness (QED) is 0.721. The van der Waals surface area contributed by atoms with Crippen molar-refractivity contribution < 1.29 is 4.79 Å². The molecule has 1 aliphatic carbocycles. The lowest BCUT2D eigenvalue weighted by Crippen LogP contribution is -2.46. The van der Waals surface area contributed by atoms with Crippen molar-refractivity contribution in [2.24, 2.45) is 5.92 Å². The van der Waals surface area contributed by atoms with Gasteiger partial charge in [0.15, 0.2) is 0 Å². The Kier molecular flexibility index (Phi) is 7.84. The first-order valence-electron chi connectivity index (χ1n) is 7.68. The predicted molar refractivity (Wildman–Crippen MR) is 84.6 cm³/mol. The molecule has 0 aromatic rings. The largest absolute Gasteiger partial charge is 0.355 e. The van der Waals surface area contributed by atoms with Crippen LogP contribution in [0.1, 0.15) is 53.4 Å². The van der Waals surface area contributed by atoms with Gasteiger partial charge in [-0.25, -0.2) is 0 Å². The summed E-state index contributed by atoms with van der Waals surface area (Å²) in [6.45, 7) is 9.35. The molecule has 0 aromatic carbocycles. The molecule has 0 heterocycles. The first-order chi connectivity index (χ1) is 9.02. The van der Waals surface area contributed by atoms with Crippen molar-refractivity contribution in [1.29, 1.82) is 0 Å². The number of amides is 1. The van der Waals surface area contributed by atoms with Gasteiger partial charge in [-0.05, 0) is 44.3 Å². The molecule has 0 saturated heterocycles. The van der Waals surface area contributed by atoms with Gasteiger partial charge in [-0.1, -0.05) is 20.8 Å². The normalized spacial score (nSPS) is 24.7. The number of thioether (sulfide) groups is 1. The highest BCUT2D eigenvalue weighted by Crippen LogP contribution is 2.29. The molecule has 1 aliphatic rings. The number of carbonyl (C=O) groups is 1. The Labute approximate surface area is 122 Å². The summed E-state index contributed by atoms with van der Waals surface area (Å²) >= 11 is 2.05. The average Bonchev–Trinajstić information content (AvgIpc) is 2.76. The molecule has 1 amide bonds. The lowest BCUT2D eigenvalue weighted by molar-refractivity contribution is -0.122. The van der Waals surface area contributed by atoms with E-state index in [1.54, 1.807) is 0 Å². The van der Waals surface area contributed by atoms with Crippen LogP contribution in [0, 0.1) is 5.92 Å². The van der Waals surface area contributed by atoms with E-state index in [-0.39, 0.29) is 11.9 Å². The standard InChI is InChI=1S/C15H30N2OS/c1-5-19-14-7-6-13(10-14)17-12(4)15(18)16-9-8-11(2)3/h11-14,17H,5-10H2,1-4H3,(H,16,18). The van der Waals surface area contributed by atoms with E-state index >= 15 is 0 Å². The third-order valence-electron chi connectivity index (χ3n) is 3.69. The highest BCUT2D eigenvalue weighted by molar-refractivity contribution is 7.99. The van der Waals surface area contributed by atoms with Crippen LogP contribution in [0.25, 0.3) is 0 Å². The minimum Gasteiger partial charge on any atom is -0.355 e. The molecule has 0 aromatic heterocycles. The molecule has 0 aliphatic heterocycles. The van der Waals surface area contributed by atoms with E-state index in [4.69, 9.17) is 0 Å². The fourth-order valence-electron chi connectivity index (χ4n) is 2.54. The van der Waals surface area contributed by atoms with E-state index in [0.717, 1.165) is 18.2 Å². The van der Waals surface area contributed by atoms with Gasteiger partial charge in [0.2, 0.25) is 5.91 Å². The number of carbonyl (C=O) groups excluding carboxylic acids is 1. The van der Waals surface area contributed by atoms with E-state index in [0.29, 0.717) is 12.0 Å². The summed E-state index contributed by atoms with van der Waals surface area (Å²) in [6.07, 6.45) is 4.76. The molecule has 3 atom stereocenters. The maximum absolute atomic E-state index is 11.9. The Morgan fingerprint density at radius 2 is 2.05 bits per heavy atom. The van der Waals surface area contributed by atoms with E-state index < -0.39 is 0 Å². The maximum atomic E-state index is 11.9. The van der Waals surface area contributed by atoms with Crippen LogP contribution in [-0.2, 0) is 4.79 Å². The molecule has 3 nitrogen and oxygen atoms in total. The molecule has 0 spiro atoms. The second kappa shape index (κ2) is 8.85. The predicted octanol–water partition coefficient (Wildman–Crippen LogP) is 2.80. The second-order valence-electron chi connectivity index (χ2n) is 5.95. The van der Waals surface area contributed by atoms with Gasteiger partial charge < -0.3 is 10.6 Å². The minimum atomic E-state index is -0.0671. The minimum absolute atomic E-state index is 0.0671. The van der Waals surface area contributed by atoms with Gasteiger partial charge in [-0.2, -0.15) is 11.8 Å². The second-order valence-corrected chi connectivity index (χ2v) is 7.53. The number of rotatable bonds is 8. The van der Waals surface area contributed by atoms with Gasteiger partial charge in [0, 0.05) is 17.8 Å². The van der Waals surface area contributed by atoms with E-state index in [1.807, 2.05) is 6.92 Å². The molecule has 3 unspecified atom stereocenters. The van der Waals surface area contributed by atoms with E-state index in [1.165, 1.54) is 25.0 Å². The van der Waals surface area contributed by atoms with Crippen LogP contribution in [0.3, 0.4) is 0 Å². The highest BCUT2D eigenvalue weighted by Gasteiger charge is 2.26. The topological polar surface area (TPSA) is 41.1 Å². The molecule has 0 bridgehead atoms. The van der Waals surface area contributed by atoms with E-state index in [9.17, 15) is 4.79 Å². The number of hydrogen-bond acceptors (Lipinski definition) is 3. The van der Waals surface area contributed by atoms with Crippen molar-refractivity contribution in [3.8, 4) is 0 Å². The Morgan fingerprint density at radius 1 is 1.32 bits per heavy atom. The SMILES string of the molecule is CCSC1CCC(NC(C)C(=O)NCCC(C)C)C1. The third-order valence-corrected chi connectivity index (χ3v) is 4.92. The summed E-state index contributed by atoms with van der Waals surface area (Å²) in [6, 6.07) is 0.456. The summed E-state index contributed by atoms with van der Waals surface area (Å²) in [5.74, 6) is 1.99. The molecule has 0 radical (unpaired) electrons. The fraction of sp³-hybridized carbons (Fsp3) is 0.933. The van der Waals surface area contributed by atoms with Crippen LogP contribution in [0.4, 0.5) is 0 Å². The highest BCUT2D eigenvalue weighted by atomic mass is 32.2. The van der Waals surface area contributed by atoms with Crippen LogP contribution in [-0.4, -0.2) is 35.5 Å². The monoisotopic (exact) mass is 286 g/mol. The van der Waals surface area contributed by atoms with Crippen molar-refractivity contribution in [3.63, 3.8) is 0 Å². The summed E-state index contributed by atoms with van der Waals surface area (Å²) < 4.78 is 0. The smallest absolute Gasteiger partial charge is 0.236 e. The number of hydrogen-bond donors (Lipinski definition) is 2. The van der Waals surface area contributed by atoms with Crippen molar-refractivity contribution in [2.45, 2.75) is 70.7 Å². The van der Waals surface area contributed by atoms with Crippen LogP contribution in [0.2, 0.25) is 0 Å². The Balaban J connectivity index is 2.19. The third kappa shape index (κ3) is 6.66. The van der Waals surface area contributed by atoms with Crippen molar-refractivity contribution in [2.75, 3.05) is 12.3 Å². The van der Waals surface area contributed by atoms with Crippen LogP contribution in [0.15, 0.2) is 0 Å². The fourth-order valence-corrected chi connectivity index (χ4v) is 3.69. The first kappa shape index (κ1) is 16.8. The molecule has 2 N–H and O–H groups in total. The van der Waals surface area contributed by atoms with Gasteiger partial charge in [-0.3, -0.25) is 4.79 Å². The summed E-state index contributed by atoms with van der Waals surface area (Å²) in [7, 11) is 0. The van der Waals surface area contributed by atoms with Crippen LogP contribution < -0.4 is 10.6 Å². The number of nitrogens with one attached hydrogen (secondary N) is 2. The lowest BCUT2D eigenvalue weighted by atomic mass is 10.1. The summed E-state index contributed by atoms with van der Waals surface area (Å²) in [5.41, 5.74) is 0. The Morgan fingerprint density at radius 3 is 2.68 bits per heavy atom. The maximum Gasteiger partial charge on any atom is 0.236 e. The zero-order chi connectivity index (χ0) is 14.3. The summed E-state index contributed by atoms with van der Waals surface area (Å²) in [5, 5.41) is 7.29. The van der Waals surface area contributed by atoms with Gasteiger partial charge in [-0.15, -0.1) is 0 Å². The zero-order valence-corrected chi connectivity index (χ0v) is 13.7. The van der Waals surface area contributed by atoms with Gasteiger partial charge in [0.25, 0.3) is 0 Å². The molecule has 1 saturated carbocycles. The van der Waals surface area contributed by atoms with Crippen LogP contribution >= 0.6 is 11.8 Å². The average molecular weight is 286 g/mol. The first-order valence-corrected chi connectivity index (χ1v) is 8.73. The molecular weight excluding hydrogens is 256 g/mol. The van der Waals surface area contributed by atoms with E-state index in [2.05, 4.69) is 43.2 Å². The van der Waals surface area contributed by atoms with Gasteiger partial charge in [0.1, 0.15) is 0 Å². The van der Waals surface area contributed by atoms with Gasteiger partial charge >= 0.3 is 0 Å². The molecular formula is C15H30N2OS.